The standard InChI is InChI=1S/C19H23N3O3S.ClH/c1-14-5-2-3-7-18(14)21-26(24,25)17-10-8-15(9-11-17)19(23)22-12-4-6-16(22)13-20;/h2-3,5,7-11,16,21H,4,6,12-13,20H2,1H3;1H. The molecule has 1 fully saturated rings. The lowest BCUT2D eigenvalue weighted by atomic mass is 10.1. The number of amides is 1. The van der Waals surface area contributed by atoms with Crippen molar-refractivity contribution in [2.45, 2.75) is 30.7 Å². The van der Waals surface area contributed by atoms with Crippen molar-refractivity contribution >= 4 is 34.0 Å². The summed E-state index contributed by atoms with van der Waals surface area (Å²) in [6.07, 6.45) is 1.86. The smallest absolute Gasteiger partial charge is 0.261 e. The van der Waals surface area contributed by atoms with E-state index in [2.05, 4.69) is 4.72 Å². The van der Waals surface area contributed by atoms with Gasteiger partial charge in [0, 0.05) is 24.7 Å². The molecule has 27 heavy (non-hydrogen) atoms. The number of para-hydroxylation sites is 1. The summed E-state index contributed by atoms with van der Waals surface area (Å²) < 4.78 is 27.7. The number of nitrogens with two attached hydrogens (primary N) is 1. The van der Waals surface area contributed by atoms with Gasteiger partial charge in [-0.25, -0.2) is 8.42 Å². The van der Waals surface area contributed by atoms with Gasteiger partial charge in [-0.3, -0.25) is 9.52 Å². The van der Waals surface area contributed by atoms with Gasteiger partial charge in [-0.15, -0.1) is 12.4 Å². The number of halogens is 1. The van der Waals surface area contributed by atoms with Gasteiger partial charge in [-0.1, -0.05) is 18.2 Å². The molecule has 1 amide bonds. The molecule has 8 heteroatoms. The molecule has 2 aromatic rings. The molecular weight excluding hydrogens is 386 g/mol. The molecule has 1 unspecified atom stereocenters. The quantitative estimate of drug-likeness (QED) is 0.794. The van der Waals surface area contributed by atoms with Crippen molar-refractivity contribution in [3.8, 4) is 0 Å². The molecule has 1 atom stereocenters. The van der Waals surface area contributed by atoms with Crippen LogP contribution in [0.15, 0.2) is 53.4 Å². The molecule has 0 radical (unpaired) electrons. The lowest BCUT2D eigenvalue weighted by Crippen LogP contribution is -2.39. The molecule has 6 nitrogen and oxygen atoms in total. The van der Waals surface area contributed by atoms with Crippen molar-refractivity contribution in [2.24, 2.45) is 5.73 Å². The van der Waals surface area contributed by atoms with E-state index in [4.69, 9.17) is 5.73 Å². The zero-order valence-electron chi connectivity index (χ0n) is 15.1. The first kappa shape index (κ1) is 21.2. The minimum Gasteiger partial charge on any atom is -0.334 e. The van der Waals surface area contributed by atoms with E-state index in [1.165, 1.54) is 12.1 Å². The monoisotopic (exact) mass is 409 g/mol. The van der Waals surface area contributed by atoms with E-state index in [1.54, 1.807) is 29.2 Å². The molecule has 1 saturated heterocycles. The van der Waals surface area contributed by atoms with Gasteiger partial charge in [-0.2, -0.15) is 0 Å². The van der Waals surface area contributed by atoms with Crippen molar-refractivity contribution in [3.05, 3.63) is 59.7 Å². The van der Waals surface area contributed by atoms with Crippen LogP contribution in [0.1, 0.15) is 28.8 Å². The third-order valence-corrected chi connectivity index (χ3v) is 6.09. The maximum absolute atomic E-state index is 12.6. The normalized spacial score (nSPS) is 16.7. The Kier molecular flexibility index (Phi) is 6.86. The number of likely N-dealkylation sites (tertiary alicyclic amines) is 1. The van der Waals surface area contributed by atoms with Gasteiger partial charge in [0.05, 0.1) is 10.6 Å². The molecule has 1 aliphatic heterocycles. The van der Waals surface area contributed by atoms with Gasteiger partial charge in [0.2, 0.25) is 0 Å². The molecule has 146 valence electrons. The SMILES string of the molecule is Cc1ccccc1NS(=O)(=O)c1ccc(C(=O)N2CCCC2CN)cc1.Cl. The maximum Gasteiger partial charge on any atom is 0.261 e. The van der Waals surface area contributed by atoms with Crippen LogP contribution < -0.4 is 10.5 Å². The number of hydrogen-bond donors (Lipinski definition) is 2. The first-order valence-electron chi connectivity index (χ1n) is 8.62. The van der Waals surface area contributed by atoms with Crippen LogP contribution in [0.5, 0.6) is 0 Å². The Balaban J connectivity index is 0.00000261. The molecule has 1 heterocycles. The number of carbonyl (C=O) groups is 1. The van der Waals surface area contributed by atoms with Gasteiger partial charge >= 0.3 is 0 Å². The molecule has 0 aromatic heterocycles. The molecule has 0 spiro atoms. The molecule has 0 aliphatic carbocycles. The summed E-state index contributed by atoms with van der Waals surface area (Å²) >= 11 is 0. The summed E-state index contributed by atoms with van der Waals surface area (Å²) in [6.45, 7) is 2.97. The fourth-order valence-electron chi connectivity index (χ4n) is 3.18. The number of nitrogens with one attached hydrogen (secondary N) is 1. The second-order valence-electron chi connectivity index (χ2n) is 6.48. The molecule has 3 rings (SSSR count). The Labute approximate surface area is 166 Å². The maximum atomic E-state index is 12.6. The fourth-order valence-corrected chi connectivity index (χ4v) is 4.31. The Bertz CT molecular complexity index is 901. The third kappa shape index (κ3) is 4.61. The second kappa shape index (κ2) is 8.73. The largest absolute Gasteiger partial charge is 0.334 e. The van der Waals surface area contributed by atoms with Crippen LogP contribution in [-0.4, -0.2) is 38.4 Å². The predicted octanol–water partition coefficient (Wildman–Crippen LogP) is 2.78. The first-order chi connectivity index (χ1) is 12.4. The zero-order chi connectivity index (χ0) is 18.7. The highest BCUT2D eigenvalue weighted by molar-refractivity contribution is 7.92. The number of carbonyl (C=O) groups excluding carboxylic acids is 1. The number of aryl methyl sites for hydroxylation is 1. The molecule has 2 aromatic carbocycles. The third-order valence-electron chi connectivity index (χ3n) is 4.71. The van der Waals surface area contributed by atoms with Crippen LogP contribution in [0, 0.1) is 6.92 Å². The summed E-state index contributed by atoms with van der Waals surface area (Å²) in [5.41, 5.74) is 7.57. The Hall–Kier alpha value is -2.09. The zero-order valence-corrected chi connectivity index (χ0v) is 16.7. The highest BCUT2D eigenvalue weighted by Gasteiger charge is 2.28. The van der Waals surface area contributed by atoms with Crippen molar-refractivity contribution in [1.29, 1.82) is 0 Å². The van der Waals surface area contributed by atoms with E-state index in [1.807, 2.05) is 19.1 Å². The first-order valence-corrected chi connectivity index (χ1v) is 10.1. The minimum atomic E-state index is -3.71. The van der Waals surface area contributed by atoms with E-state index < -0.39 is 10.0 Å². The number of rotatable bonds is 5. The van der Waals surface area contributed by atoms with Crippen molar-refractivity contribution in [2.75, 3.05) is 17.8 Å². The number of benzene rings is 2. The summed E-state index contributed by atoms with van der Waals surface area (Å²) in [7, 11) is -3.71. The van der Waals surface area contributed by atoms with Gasteiger partial charge in [0.1, 0.15) is 0 Å². The average molecular weight is 410 g/mol. The van der Waals surface area contributed by atoms with E-state index in [9.17, 15) is 13.2 Å². The number of sulfonamides is 1. The summed E-state index contributed by atoms with van der Waals surface area (Å²) in [4.78, 5) is 14.5. The fraction of sp³-hybridized carbons (Fsp3) is 0.316. The number of nitrogens with zero attached hydrogens (tertiary/aromatic N) is 1. The number of anilines is 1. The molecule has 1 aliphatic rings. The molecule has 0 saturated carbocycles. The van der Waals surface area contributed by atoms with Crippen LogP contribution >= 0.6 is 12.4 Å². The van der Waals surface area contributed by atoms with Crippen LogP contribution in [-0.2, 0) is 10.0 Å². The lowest BCUT2D eigenvalue weighted by Gasteiger charge is -2.23. The second-order valence-corrected chi connectivity index (χ2v) is 8.16. The highest BCUT2D eigenvalue weighted by Crippen LogP contribution is 2.22. The molecular formula is C19H24ClN3O3S. The Morgan fingerprint density at radius 1 is 1.19 bits per heavy atom. The number of hydrogen-bond acceptors (Lipinski definition) is 4. The van der Waals surface area contributed by atoms with Gasteiger partial charge < -0.3 is 10.6 Å². The van der Waals surface area contributed by atoms with E-state index in [-0.39, 0.29) is 29.3 Å². The van der Waals surface area contributed by atoms with Crippen LogP contribution in [0.25, 0.3) is 0 Å². The Morgan fingerprint density at radius 2 is 1.85 bits per heavy atom. The van der Waals surface area contributed by atoms with Crippen molar-refractivity contribution in [1.82, 2.24) is 4.90 Å². The highest BCUT2D eigenvalue weighted by atomic mass is 35.5. The van der Waals surface area contributed by atoms with Gasteiger partial charge in [0.25, 0.3) is 15.9 Å². The summed E-state index contributed by atoms with van der Waals surface area (Å²) in [5, 5.41) is 0. The summed E-state index contributed by atoms with van der Waals surface area (Å²) in [6, 6.07) is 13.3. The minimum absolute atomic E-state index is 0. The van der Waals surface area contributed by atoms with Gasteiger partial charge in [-0.05, 0) is 55.7 Å². The average Bonchev–Trinajstić information content (AvgIpc) is 3.12. The van der Waals surface area contributed by atoms with Crippen molar-refractivity contribution < 1.29 is 13.2 Å². The molecule has 0 bridgehead atoms. The van der Waals surface area contributed by atoms with Crippen LogP contribution in [0.4, 0.5) is 5.69 Å². The molecule has 3 N–H and O–H groups in total. The van der Waals surface area contributed by atoms with Crippen LogP contribution in [0.2, 0.25) is 0 Å². The Morgan fingerprint density at radius 3 is 2.48 bits per heavy atom. The lowest BCUT2D eigenvalue weighted by molar-refractivity contribution is 0.0741. The van der Waals surface area contributed by atoms with Gasteiger partial charge in [0.15, 0.2) is 0 Å². The van der Waals surface area contributed by atoms with E-state index >= 15 is 0 Å². The van der Waals surface area contributed by atoms with E-state index in [0.29, 0.717) is 24.3 Å². The topological polar surface area (TPSA) is 92.5 Å². The predicted molar refractivity (Wildman–Crippen MR) is 109 cm³/mol. The summed E-state index contributed by atoms with van der Waals surface area (Å²) in [5.74, 6) is -0.103. The van der Waals surface area contributed by atoms with Crippen molar-refractivity contribution in [3.63, 3.8) is 0 Å². The van der Waals surface area contributed by atoms with Crippen LogP contribution in [0.3, 0.4) is 0 Å². The van der Waals surface area contributed by atoms with E-state index in [0.717, 1.165) is 18.4 Å².